The molecule has 6 nitrogen and oxygen atoms in total. The summed E-state index contributed by atoms with van der Waals surface area (Å²) in [5.41, 5.74) is 3.42. The number of aryl methyl sites for hydroxylation is 2. The first-order chi connectivity index (χ1) is 16.3. The van der Waals surface area contributed by atoms with E-state index in [1.54, 1.807) is 24.3 Å². The SMILES string of the molecule is COc1ccc(Cl)cc1N(CC(=O)N[C@H]1CCCc2ccccc21)S(=O)(=O)c1ccc(C)cc1. The van der Waals surface area contributed by atoms with Crippen molar-refractivity contribution in [1.29, 1.82) is 0 Å². The standard InChI is InChI=1S/C26H27ClN2O4S/c1-18-10-13-21(14-11-18)34(31,32)29(24-16-20(27)12-15-25(24)33-2)17-26(30)28-23-9-5-7-19-6-3-4-8-22(19)23/h3-4,6,8,10-16,23H,5,7,9,17H2,1-2H3,(H,28,30)/t23-/m0/s1. The summed E-state index contributed by atoms with van der Waals surface area (Å²) in [5.74, 6) is -0.102. The number of halogens is 1. The van der Waals surface area contributed by atoms with Gasteiger partial charge in [-0.05, 0) is 67.6 Å². The third kappa shape index (κ3) is 5.05. The number of nitrogens with zero attached hydrogens (tertiary/aromatic N) is 1. The maximum absolute atomic E-state index is 13.7. The second-order valence-corrected chi connectivity index (χ2v) is 10.7. The van der Waals surface area contributed by atoms with Gasteiger partial charge in [0.2, 0.25) is 5.91 Å². The van der Waals surface area contributed by atoms with Gasteiger partial charge in [0.15, 0.2) is 0 Å². The van der Waals surface area contributed by atoms with Crippen molar-refractivity contribution in [3.63, 3.8) is 0 Å². The third-order valence-corrected chi connectivity index (χ3v) is 8.02. The lowest BCUT2D eigenvalue weighted by Crippen LogP contribution is -2.42. The summed E-state index contributed by atoms with van der Waals surface area (Å²) in [5, 5.41) is 3.38. The highest BCUT2D eigenvalue weighted by Crippen LogP contribution is 2.35. The van der Waals surface area contributed by atoms with Gasteiger partial charge in [-0.1, -0.05) is 53.6 Å². The van der Waals surface area contributed by atoms with Gasteiger partial charge in [0.25, 0.3) is 10.0 Å². The van der Waals surface area contributed by atoms with Gasteiger partial charge in [0, 0.05) is 5.02 Å². The largest absolute Gasteiger partial charge is 0.495 e. The summed E-state index contributed by atoms with van der Waals surface area (Å²) in [7, 11) is -2.64. The minimum absolute atomic E-state index is 0.0796. The number of carbonyl (C=O) groups is 1. The maximum Gasteiger partial charge on any atom is 0.264 e. The molecule has 34 heavy (non-hydrogen) atoms. The van der Waals surface area contributed by atoms with Gasteiger partial charge < -0.3 is 10.1 Å². The van der Waals surface area contributed by atoms with Crippen molar-refractivity contribution in [1.82, 2.24) is 5.32 Å². The number of methoxy groups -OCH3 is 1. The molecule has 0 spiro atoms. The Kier molecular flexibility index (Phi) is 7.14. The molecule has 0 aromatic heterocycles. The Morgan fingerprint density at radius 1 is 1.12 bits per heavy atom. The van der Waals surface area contributed by atoms with Crippen LogP contribution in [-0.2, 0) is 21.2 Å². The van der Waals surface area contributed by atoms with E-state index in [1.807, 2.05) is 25.1 Å². The molecule has 1 aliphatic rings. The van der Waals surface area contributed by atoms with Gasteiger partial charge in [0.05, 0.1) is 23.7 Å². The fraction of sp³-hybridized carbons (Fsp3) is 0.269. The molecule has 0 bridgehead atoms. The Labute approximate surface area is 205 Å². The molecule has 0 saturated carbocycles. The Morgan fingerprint density at radius 2 is 1.85 bits per heavy atom. The quantitative estimate of drug-likeness (QED) is 0.494. The number of benzene rings is 3. The first-order valence-corrected chi connectivity index (χ1v) is 12.9. The van der Waals surface area contributed by atoms with Gasteiger partial charge in [-0.2, -0.15) is 0 Å². The zero-order chi connectivity index (χ0) is 24.3. The second-order valence-electron chi connectivity index (χ2n) is 8.35. The summed E-state index contributed by atoms with van der Waals surface area (Å²) in [4.78, 5) is 13.3. The van der Waals surface area contributed by atoms with E-state index < -0.39 is 22.5 Å². The molecule has 0 heterocycles. The molecule has 8 heteroatoms. The lowest BCUT2D eigenvalue weighted by Gasteiger charge is -2.29. The Bertz CT molecular complexity index is 1290. The Morgan fingerprint density at radius 3 is 2.59 bits per heavy atom. The monoisotopic (exact) mass is 498 g/mol. The first kappa shape index (κ1) is 24.1. The third-order valence-electron chi connectivity index (χ3n) is 6.01. The van der Waals surface area contributed by atoms with Gasteiger partial charge in [0.1, 0.15) is 12.3 Å². The summed E-state index contributed by atoms with van der Waals surface area (Å²) in [6.45, 7) is 1.47. The minimum atomic E-state index is -4.08. The van der Waals surface area contributed by atoms with E-state index in [-0.39, 0.29) is 16.6 Å². The number of hydrogen-bond donors (Lipinski definition) is 1. The molecule has 0 radical (unpaired) electrons. The molecule has 0 aliphatic heterocycles. The summed E-state index contributed by atoms with van der Waals surface area (Å²) in [6.07, 6.45) is 2.72. The number of ether oxygens (including phenoxy) is 1. The van der Waals surface area contributed by atoms with E-state index in [1.165, 1.54) is 30.9 Å². The predicted octanol–water partition coefficient (Wildman–Crippen LogP) is 5.05. The number of nitrogens with one attached hydrogen (secondary N) is 1. The van der Waals surface area contributed by atoms with Gasteiger partial charge in [-0.3, -0.25) is 9.10 Å². The number of rotatable bonds is 7. The lowest BCUT2D eigenvalue weighted by atomic mass is 9.88. The summed E-state index contributed by atoms with van der Waals surface area (Å²) >= 11 is 6.21. The average molecular weight is 499 g/mol. The molecule has 0 saturated heterocycles. The van der Waals surface area contributed by atoms with E-state index >= 15 is 0 Å². The van der Waals surface area contributed by atoms with Crippen molar-refractivity contribution in [3.8, 4) is 5.75 Å². The van der Waals surface area contributed by atoms with Crippen LogP contribution in [-0.4, -0.2) is 28.0 Å². The number of amides is 1. The number of sulfonamides is 1. The van der Waals surface area contributed by atoms with Gasteiger partial charge in [-0.15, -0.1) is 0 Å². The van der Waals surface area contributed by atoms with Gasteiger partial charge >= 0.3 is 0 Å². The van der Waals surface area contributed by atoms with Crippen LogP contribution in [0.5, 0.6) is 5.75 Å². The smallest absolute Gasteiger partial charge is 0.264 e. The van der Waals surface area contributed by atoms with Crippen LogP contribution in [0.3, 0.4) is 0 Å². The van der Waals surface area contributed by atoms with Crippen molar-refractivity contribution in [2.24, 2.45) is 0 Å². The van der Waals surface area contributed by atoms with Crippen LogP contribution < -0.4 is 14.4 Å². The highest BCUT2D eigenvalue weighted by atomic mass is 35.5. The number of fused-ring (bicyclic) bond motifs is 1. The topological polar surface area (TPSA) is 75.7 Å². The molecule has 1 aliphatic carbocycles. The molecule has 0 fully saturated rings. The highest BCUT2D eigenvalue weighted by Gasteiger charge is 2.31. The van der Waals surface area contributed by atoms with Crippen molar-refractivity contribution < 1.29 is 17.9 Å². The van der Waals surface area contributed by atoms with Crippen LogP contribution in [0.1, 0.15) is 35.6 Å². The summed E-state index contributed by atoms with van der Waals surface area (Å²) in [6, 6.07) is 19.1. The normalized spacial score (nSPS) is 15.3. The Hall–Kier alpha value is -3.03. The van der Waals surface area contributed by atoms with Crippen LogP contribution in [0.2, 0.25) is 5.02 Å². The van der Waals surface area contributed by atoms with E-state index in [4.69, 9.17) is 16.3 Å². The molecule has 1 atom stereocenters. The molecular formula is C26H27ClN2O4S. The van der Waals surface area contributed by atoms with Crippen molar-refractivity contribution in [3.05, 3.63) is 88.4 Å². The second kappa shape index (κ2) is 10.1. The molecule has 3 aromatic carbocycles. The van der Waals surface area contributed by atoms with Crippen LogP contribution in [0.4, 0.5) is 5.69 Å². The van der Waals surface area contributed by atoms with Crippen molar-refractivity contribution >= 4 is 33.2 Å². The molecule has 178 valence electrons. The van der Waals surface area contributed by atoms with Gasteiger partial charge in [-0.25, -0.2) is 8.42 Å². The maximum atomic E-state index is 13.7. The first-order valence-electron chi connectivity index (χ1n) is 11.1. The van der Waals surface area contributed by atoms with Crippen molar-refractivity contribution in [2.45, 2.75) is 37.1 Å². The van der Waals surface area contributed by atoms with Crippen LogP contribution >= 0.6 is 11.6 Å². The fourth-order valence-electron chi connectivity index (χ4n) is 4.27. The molecule has 1 amide bonds. The Balaban J connectivity index is 1.69. The fourth-order valence-corrected chi connectivity index (χ4v) is 5.86. The minimum Gasteiger partial charge on any atom is -0.495 e. The molecule has 3 aromatic rings. The molecular weight excluding hydrogens is 472 g/mol. The van der Waals surface area contributed by atoms with Crippen LogP contribution in [0.15, 0.2) is 71.6 Å². The van der Waals surface area contributed by atoms with Crippen LogP contribution in [0.25, 0.3) is 0 Å². The molecule has 0 unspecified atom stereocenters. The highest BCUT2D eigenvalue weighted by molar-refractivity contribution is 7.92. The molecule has 1 N–H and O–H groups in total. The van der Waals surface area contributed by atoms with E-state index in [0.29, 0.717) is 10.8 Å². The number of hydrogen-bond acceptors (Lipinski definition) is 4. The zero-order valence-electron chi connectivity index (χ0n) is 19.1. The van der Waals surface area contributed by atoms with Crippen molar-refractivity contribution in [2.75, 3.05) is 18.0 Å². The van der Waals surface area contributed by atoms with E-state index in [0.717, 1.165) is 34.7 Å². The molecule has 4 rings (SSSR count). The van der Waals surface area contributed by atoms with Crippen LogP contribution in [0, 0.1) is 6.92 Å². The predicted molar refractivity (Wildman–Crippen MR) is 134 cm³/mol. The van der Waals surface area contributed by atoms with E-state index in [9.17, 15) is 13.2 Å². The van der Waals surface area contributed by atoms with E-state index in [2.05, 4.69) is 11.4 Å². The number of carbonyl (C=O) groups excluding carboxylic acids is 1. The number of anilines is 1. The lowest BCUT2D eigenvalue weighted by molar-refractivity contribution is -0.120. The zero-order valence-corrected chi connectivity index (χ0v) is 20.7. The summed E-state index contributed by atoms with van der Waals surface area (Å²) < 4.78 is 33.9. The average Bonchev–Trinajstić information content (AvgIpc) is 2.83.